The van der Waals surface area contributed by atoms with E-state index in [1.54, 1.807) is 12.1 Å². The van der Waals surface area contributed by atoms with Gasteiger partial charge >= 0.3 is 0 Å². The number of fused-ring (bicyclic) bond motifs is 2. The van der Waals surface area contributed by atoms with Crippen molar-refractivity contribution >= 4 is 22.8 Å². The van der Waals surface area contributed by atoms with Crippen LogP contribution in [0, 0.1) is 23.5 Å². The first-order valence-electron chi connectivity index (χ1n) is 10.7. The van der Waals surface area contributed by atoms with Gasteiger partial charge in [-0.05, 0) is 42.9 Å². The first kappa shape index (κ1) is 19.7. The highest BCUT2D eigenvalue weighted by molar-refractivity contribution is 5.94. The molecule has 0 radical (unpaired) electrons. The minimum atomic E-state index is -0.583. The maximum atomic E-state index is 14.6. The van der Waals surface area contributed by atoms with E-state index in [9.17, 15) is 13.6 Å². The first-order chi connectivity index (χ1) is 16.1. The number of hydrogen-bond acceptors (Lipinski definition) is 6. The van der Waals surface area contributed by atoms with Gasteiger partial charge < -0.3 is 10.6 Å². The molecule has 10 heteroatoms. The number of H-pyrrole nitrogens is 1. The van der Waals surface area contributed by atoms with E-state index in [1.807, 2.05) is 18.2 Å². The third-order valence-corrected chi connectivity index (χ3v) is 6.45. The number of nitrogens with zero attached hydrogens (tertiary/aromatic N) is 4. The summed E-state index contributed by atoms with van der Waals surface area (Å²) in [4.78, 5) is 24.8. The lowest BCUT2D eigenvalue weighted by Gasteiger charge is -2.19. The summed E-state index contributed by atoms with van der Waals surface area (Å²) in [6.07, 6.45) is 3.80. The normalized spacial score (nSPS) is 23.3. The Morgan fingerprint density at radius 1 is 1.03 bits per heavy atom. The summed E-state index contributed by atoms with van der Waals surface area (Å²) in [6, 6.07) is 10.4. The van der Waals surface area contributed by atoms with Crippen molar-refractivity contribution in [3.8, 4) is 11.5 Å². The van der Waals surface area contributed by atoms with Crippen LogP contribution >= 0.6 is 0 Å². The largest absolute Gasteiger partial charge is 0.364 e. The van der Waals surface area contributed by atoms with Crippen LogP contribution in [0.4, 0.5) is 14.6 Å². The van der Waals surface area contributed by atoms with Gasteiger partial charge in [-0.3, -0.25) is 9.89 Å². The quantitative estimate of drug-likeness (QED) is 0.433. The molecule has 3 N–H and O–H groups in total. The number of amides is 1. The lowest BCUT2D eigenvalue weighted by molar-refractivity contribution is 0.0933. The summed E-state index contributed by atoms with van der Waals surface area (Å²) in [6.45, 7) is 0. The van der Waals surface area contributed by atoms with Crippen LogP contribution in [0.15, 0.2) is 48.8 Å². The fraction of sp³-hybridized carbons (Fsp3) is 0.261. The van der Waals surface area contributed by atoms with Gasteiger partial charge in [0.2, 0.25) is 0 Å². The Hall–Kier alpha value is -3.95. The maximum absolute atomic E-state index is 14.6. The third kappa shape index (κ3) is 3.57. The third-order valence-electron chi connectivity index (χ3n) is 6.45. The number of pyridine rings is 1. The number of benzene rings is 1. The van der Waals surface area contributed by atoms with E-state index in [2.05, 4.69) is 35.8 Å². The second-order valence-corrected chi connectivity index (χ2v) is 8.51. The van der Waals surface area contributed by atoms with Crippen molar-refractivity contribution in [2.45, 2.75) is 24.9 Å². The average molecular weight is 447 g/mol. The molecular formula is C23H19F2N7O. The smallest absolute Gasteiger partial charge is 0.251 e. The molecule has 6 rings (SSSR count). The Kier molecular flexibility index (Phi) is 4.53. The molecular weight excluding hydrogens is 428 g/mol. The van der Waals surface area contributed by atoms with Gasteiger partial charge in [-0.15, -0.1) is 0 Å². The molecule has 1 amide bonds. The van der Waals surface area contributed by atoms with Crippen molar-refractivity contribution in [3.05, 3.63) is 66.0 Å². The van der Waals surface area contributed by atoms with E-state index in [4.69, 9.17) is 0 Å². The molecule has 1 aromatic carbocycles. The first-order valence-corrected chi connectivity index (χ1v) is 10.7. The fourth-order valence-electron chi connectivity index (χ4n) is 4.77. The van der Waals surface area contributed by atoms with E-state index < -0.39 is 11.6 Å². The van der Waals surface area contributed by atoms with Crippen molar-refractivity contribution in [2.24, 2.45) is 11.8 Å². The number of halogens is 2. The highest BCUT2D eigenvalue weighted by Gasteiger charge is 2.55. The van der Waals surface area contributed by atoms with E-state index in [0.717, 1.165) is 18.8 Å². The molecule has 1 unspecified atom stereocenters. The molecule has 2 saturated carbocycles. The van der Waals surface area contributed by atoms with E-state index in [1.165, 1.54) is 6.07 Å². The minimum absolute atomic E-state index is 0.0223. The molecule has 2 aliphatic rings. The van der Waals surface area contributed by atoms with Crippen LogP contribution in [0.1, 0.15) is 23.2 Å². The number of rotatable bonds is 5. The van der Waals surface area contributed by atoms with Crippen LogP contribution in [-0.4, -0.2) is 43.1 Å². The zero-order chi connectivity index (χ0) is 22.5. The Bertz CT molecular complexity index is 1360. The summed E-state index contributed by atoms with van der Waals surface area (Å²) < 4.78 is 28.2. The average Bonchev–Trinajstić information content (AvgIpc) is 3.42. The van der Waals surface area contributed by atoms with E-state index >= 15 is 0 Å². The molecule has 3 aromatic heterocycles. The summed E-state index contributed by atoms with van der Waals surface area (Å²) in [5, 5.41) is 13.5. The van der Waals surface area contributed by atoms with E-state index in [0.29, 0.717) is 40.5 Å². The molecule has 3 heterocycles. The fourth-order valence-corrected chi connectivity index (χ4v) is 4.77. The highest BCUT2D eigenvalue weighted by Crippen LogP contribution is 2.52. The second-order valence-electron chi connectivity index (χ2n) is 8.51. The zero-order valence-corrected chi connectivity index (χ0v) is 17.3. The number of hydrogen-bond donors (Lipinski definition) is 3. The molecule has 33 heavy (non-hydrogen) atoms. The van der Waals surface area contributed by atoms with Gasteiger partial charge in [-0.25, -0.2) is 23.7 Å². The molecule has 0 saturated heterocycles. The van der Waals surface area contributed by atoms with Gasteiger partial charge in [0.25, 0.3) is 5.91 Å². The van der Waals surface area contributed by atoms with Crippen LogP contribution in [0.2, 0.25) is 0 Å². The maximum Gasteiger partial charge on any atom is 0.251 e. The SMILES string of the molecule is O=C(N[C@H]1CC(Nc2nc(-c3[nH]nc4ncc(F)cc34)ncc2F)[C@H]2C[C@@H]12)c1ccccc1. The van der Waals surface area contributed by atoms with Gasteiger partial charge in [0.15, 0.2) is 23.1 Å². The molecule has 2 fully saturated rings. The molecule has 0 bridgehead atoms. The summed E-state index contributed by atoms with van der Waals surface area (Å²) in [5.74, 6) is -0.235. The number of carbonyl (C=O) groups excluding carboxylic acids is 1. The predicted octanol–water partition coefficient (Wildman–Crippen LogP) is 3.31. The number of anilines is 1. The number of carbonyl (C=O) groups is 1. The number of aromatic amines is 1. The number of nitrogens with one attached hydrogen (secondary N) is 3. The zero-order valence-electron chi connectivity index (χ0n) is 17.3. The van der Waals surface area contributed by atoms with Gasteiger partial charge in [0.1, 0.15) is 11.5 Å². The molecule has 0 spiro atoms. The van der Waals surface area contributed by atoms with Crippen molar-refractivity contribution < 1.29 is 13.6 Å². The van der Waals surface area contributed by atoms with Gasteiger partial charge in [-0.2, -0.15) is 5.10 Å². The van der Waals surface area contributed by atoms with Gasteiger partial charge in [0.05, 0.1) is 17.8 Å². The van der Waals surface area contributed by atoms with Crippen molar-refractivity contribution in [1.29, 1.82) is 0 Å². The molecule has 2 aliphatic carbocycles. The predicted molar refractivity (Wildman–Crippen MR) is 116 cm³/mol. The summed E-state index contributed by atoms with van der Waals surface area (Å²) >= 11 is 0. The highest BCUT2D eigenvalue weighted by atomic mass is 19.1. The van der Waals surface area contributed by atoms with E-state index in [-0.39, 0.29) is 29.6 Å². The van der Waals surface area contributed by atoms with Gasteiger partial charge in [0, 0.05) is 17.6 Å². The lowest BCUT2D eigenvalue weighted by Crippen LogP contribution is -2.36. The summed E-state index contributed by atoms with van der Waals surface area (Å²) in [7, 11) is 0. The molecule has 166 valence electrons. The van der Waals surface area contributed by atoms with Crippen molar-refractivity contribution in [3.63, 3.8) is 0 Å². The van der Waals surface area contributed by atoms with Crippen LogP contribution in [0.25, 0.3) is 22.6 Å². The van der Waals surface area contributed by atoms with Crippen LogP contribution in [-0.2, 0) is 0 Å². The number of aromatic nitrogens is 5. The Morgan fingerprint density at radius 3 is 2.70 bits per heavy atom. The molecule has 0 aliphatic heterocycles. The van der Waals surface area contributed by atoms with Crippen molar-refractivity contribution in [1.82, 2.24) is 30.5 Å². The minimum Gasteiger partial charge on any atom is -0.364 e. The summed E-state index contributed by atoms with van der Waals surface area (Å²) in [5.41, 5.74) is 1.31. The lowest BCUT2D eigenvalue weighted by atomic mass is 10.1. The monoisotopic (exact) mass is 447 g/mol. The Morgan fingerprint density at radius 2 is 1.85 bits per heavy atom. The van der Waals surface area contributed by atoms with Crippen LogP contribution in [0.3, 0.4) is 0 Å². The van der Waals surface area contributed by atoms with Gasteiger partial charge in [-0.1, -0.05) is 18.2 Å². The van der Waals surface area contributed by atoms with Crippen LogP contribution in [0.5, 0.6) is 0 Å². The Labute approximate surface area is 186 Å². The van der Waals surface area contributed by atoms with Crippen molar-refractivity contribution in [2.75, 3.05) is 5.32 Å². The molecule has 4 atom stereocenters. The molecule has 8 nitrogen and oxygen atoms in total. The Balaban J connectivity index is 1.20. The second kappa shape index (κ2) is 7.58. The van der Waals surface area contributed by atoms with Crippen LogP contribution < -0.4 is 10.6 Å². The standard InChI is InChI=1S/C23H19F2N7O/c24-12-6-15-19(31-32-20(15)26-9-12)22-27-10-16(25)21(30-22)28-17-8-18(14-7-13(14)17)29-23(33)11-4-2-1-3-5-11/h1-6,9-10,13-14,17-18H,7-8H2,(H,29,33)(H,26,31,32)(H,27,28,30)/t13-,14+,17?,18-/m0/s1. The molecule has 4 aromatic rings. The topological polar surface area (TPSA) is 108 Å².